The summed E-state index contributed by atoms with van der Waals surface area (Å²) in [5.74, 6) is 0.512. The second kappa shape index (κ2) is 9.79. The maximum absolute atomic E-state index is 12.8. The Bertz CT molecular complexity index is 1180. The molecule has 1 amide bonds. The van der Waals surface area contributed by atoms with Gasteiger partial charge < -0.3 is 20.1 Å². The van der Waals surface area contributed by atoms with E-state index in [1.165, 1.54) is 0 Å². The van der Waals surface area contributed by atoms with Crippen LogP contribution in [0.1, 0.15) is 23.7 Å². The van der Waals surface area contributed by atoms with E-state index in [0.29, 0.717) is 53.9 Å². The number of aromatic nitrogens is 3. The highest BCUT2D eigenvalue weighted by Gasteiger charge is 2.26. The first-order chi connectivity index (χ1) is 16.5. The predicted octanol–water partition coefficient (Wildman–Crippen LogP) is 2.64. The van der Waals surface area contributed by atoms with E-state index in [-0.39, 0.29) is 11.9 Å². The monoisotopic (exact) mass is 482 g/mol. The van der Waals surface area contributed by atoms with Crippen LogP contribution in [-0.4, -0.2) is 87.4 Å². The molecule has 178 valence electrons. The lowest BCUT2D eigenvalue weighted by Crippen LogP contribution is -2.40. The van der Waals surface area contributed by atoms with E-state index in [2.05, 4.69) is 15.3 Å². The molecule has 34 heavy (non-hydrogen) atoms. The van der Waals surface area contributed by atoms with E-state index in [1.54, 1.807) is 19.3 Å². The van der Waals surface area contributed by atoms with E-state index in [0.717, 1.165) is 30.6 Å². The number of aliphatic hydroxyl groups is 1. The molecule has 2 unspecified atom stereocenters. The zero-order chi connectivity index (χ0) is 23.7. The van der Waals surface area contributed by atoms with Crippen molar-refractivity contribution in [2.24, 2.45) is 0 Å². The zero-order valence-corrected chi connectivity index (χ0v) is 19.7. The van der Waals surface area contributed by atoms with Crippen LogP contribution >= 0.6 is 11.6 Å². The number of rotatable bonds is 5. The van der Waals surface area contributed by atoms with Crippen molar-refractivity contribution in [1.29, 1.82) is 0 Å². The quantitative estimate of drug-likeness (QED) is 0.535. The fourth-order valence-electron chi connectivity index (χ4n) is 4.44. The number of fused-ring (bicyclic) bond motifs is 1. The zero-order valence-electron chi connectivity index (χ0n) is 18.9. The van der Waals surface area contributed by atoms with Crippen LogP contribution < -0.4 is 5.32 Å². The number of likely N-dealkylation sites (tertiary alicyclic amines) is 1. The lowest BCUT2D eigenvalue weighted by Gasteiger charge is -2.26. The van der Waals surface area contributed by atoms with Crippen molar-refractivity contribution in [2.45, 2.75) is 25.6 Å². The maximum Gasteiger partial charge on any atom is 0.254 e. The minimum atomic E-state index is -0.473. The molecule has 2 atom stereocenters. The molecule has 2 N–H and O–H groups in total. The first kappa shape index (κ1) is 22.9. The molecule has 4 heterocycles. The largest absolute Gasteiger partial charge is 0.379 e. The minimum absolute atomic E-state index is 0.00514. The maximum atomic E-state index is 12.8. The van der Waals surface area contributed by atoms with E-state index in [1.807, 2.05) is 34.1 Å². The van der Waals surface area contributed by atoms with Crippen LogP contribution in [0, 0.1) is 0 Å². The van der Waals surface area contributed by atoms with Gasteiger partial charge in [-0.3, -0.25) is 9.69 Å². The van der Waals surface area contributed by atoms with E-state index in [4.69, 9.17) is 21.3 Å². The average molecular weight is 483 g/mol. The predicted molar refractivity (Wildman–Crippen MR) is 130 cm³/mol. The molecule has 2 fully saturated rings. The van der Waals surface area contributed by atoms with Crippen molar-refractivity contribution in [2.75, 3.05) is 44.7 Å². The molecular weight excluding hydrogens is 456 g/mol. The lowest BCUT2D eigenvalue weighted by atomic mass is 10.0. The highest BCUT2D eigenvalue weighted by Crippen LogP contribution is 2.31. The summed E-state index contributed by atoms with van der Waals surface area (Å²) in [5, 5.41) is 14.2. The second-order valence-electron chi connectivity index (χ2n) is 8.66. The number of nitrogens with one attached hydrogen (secondary N) is 1. The summed E-state index contributed by atoms with van der Waals surface area (Å²) >= 11 is 6.34. The molecular formula is C24H27ClN6O3. The van der Waals surface area contributed by atoms with Gasteiger partial charge in [-0.05, 0) is 31.0 Å². The number of benzene rings is 1. The van der Waals surface area contributed by atoms with Crippen molar-refractivity contribution in [1.82, 2.24) is 24.8 Å². The van der Waals surface area contributed by atoms with Gasteiger partial charge in [0, 0.05) is 55.7 Å². The highest BCUT2D eigenvalue weighted by atomic mass is 35.5. The van der Waals surface area contributed by atoms with Gasteiger partial charge in [-0.2, -0.15) is 0 Å². The summed E-state index contributed by atoms with van der Waals surface area (Å²) in [5.41, 5.74) is 3.03. The van der Waals surface area contributed by atoms with Gasteiger partial charge in [0.05, 0.1) is 24.1 Å². The lowest BCUT2D eigenvalue weighted by molar-refractivity contribution is 0.0303. The third-order valence-corrected chi connectivity index (χ3v) is 6.70. The normalized spacial score (nSPS) is 20.0. The van der Waals surface area contributed by atoms with Crippen molar-refractivity contribution >= 4 is 34.4 Å². The van der Waals surface area contributed by atoms with E-state index >= 15 is 0 Å². The number of carbonyl (C=O) groups is 1. The molecule has 0 spiro atoms. The minimum Gasteiger partial charge on any atom is -0.379 e. The van der Waals surface area contributed by atoms with Crippen LogP contribution in [0.3, 0.4) is 0 Å². The Hall–Kier alpha value is -2.85. The van der Waals surface area contributed by atoms with E-state index in [9.17, 15) is 9.90 Å². The topological polar surface area (TPSA) is 104 Å². The fourth-order valence-corrected chi connectivity index (χ4v) is 4.63. The van der Waals surface area contributed by atoms with Crippen LogP contribution in [0.5, 0.6) is 0 Å². The number of amides is 1. The molecule has 9 nitrogen and oxygen atoms in total. The van der Waals surface area contributed by atoms with Gasteiger partial charge in [-0.25, -0.2) is 15.0 Å². The van der Waals surface area contributed by atoms with Crippen LogP contribution in [-0.2, 0) is 4.74 Å². The first-order valence-electron chi connectivity index (χ1n) is 11.5. The molecule has 10 heteroatoms. The number of pyridine rings is 1. The Balaban J connectivity index is 1.41. The van der Waals surface area contributed by atoms with Crippen LogP contribution in [0.25, 0.3) is 22.0 Å². The van der Waals surface area contributed by atoms with E-state index < -0.39 is 6.23 Å². The van der Waals surface area contributed by atoms with Crippen LogP contribution in [0.15, 0.2) is 36.7 Å². The smallest absolute Gasteiger partial charge is 0.254 e. The number of morpholine rings is 1. The molecule has 3 aromatic rings. The third-order valence-electron chi connectivity index (χ3n) is 6.40. The van der Waals surface area contributed by atoms with Crippen molar-refractivity contribution in [3.8, 4) is 11.1 Å². The van der Waals surface area contributed by atoms with Gasteiger partial charge in [0.2, 0.25) is 5.95 Å². The number of carbonyl (C=O) groups excluding carboxylic acids is 1. The molecule has 0 bridgehead atoms. The Labute approximate surface area is 202 Å². The summed E-state index contributed by atoms with van der Waals surface area (Å²) in [6, 6.07) is 7.63. The summed E-state index contributed by atoms with van der Waals surface area (Å²) in [7, 11) is 0. The fraction of sp³-hybridized carbons (Fsp3) is 0.417. The molecule has 2 aliphatic rings. The Morgan fingerprint density at radius 1 is 1.18 bits per heavy atom. The molecule has 5 rings (SSSR count). The molecule has 2 saturated heterocycles. The summed E-state index contributed by atoms with van der Waals surface area (Å²) in [4.78, 5) is 30.1. The first-order valence-corrected chi connectivity index (χ1v) is 11.8. The van der Waals surface area contributed by atoms with Crippen molar-refractivity contribution in [3.05, 3.63) is 47.4 Å². The van der Waals surface area contributed by atoms with Gasteiger partial charge in [0.15, 0.2) is 0 Å². The summed E-state index contributed by atoms with van der Waals surface area (Å²) in [6.07, 6.45) is 3.81. The number of halogens is 1. The van der Waals surface area contributed by atoms with Gasteiger partial charge in [0.1, 0.15) is 11.4 Å². The van der Waals surface area contributed by atoms with Gasteiger partial charge in [-0.15, -0.1) is 0 Å². The van der Waals surface area contributed by atoms with Crippen molar-refractivity contribution < 1.29 is 14.6 Å². The Morgan fingerprint density at radius 3 is 2.65 bits per heavy atom. The summed E-state index contributed by atoms with van der Waals surface area (Å²) in [6.45, 7) is 5.67. The number of hydrogen-bond acceptors (Lipinski definition) is 8. The summed E-state index contributed by atoms with van der Waals surface area (Å²) < 4.78 is 5.34. The average Bonchev–Trinajstić information content (AvgIpc) is 3.33. The third kappa shape index (κ3) is 4.69. The standard InChI is InChI=1S/C24H27ClN6O3/c1-15(32)31-7-6-18(14-31)28-24-27-13-20-21(29-24)19(12-26-22(20)25)16-2-4-17(5-3-16)23(33)30-8-10-34-11-9-30/h2-5,12-13,15,18,32H,6-11,14H2,1H3,(H,27,28,29). The van der Waals surface area contributed by atoms with Crippen LogP contribution in [0.2, 0.25) is 5.15 Å². The Kier molecular flexibility index (Phi) is 6.60. The SMILES string of the molecule is CC(O)N1CCC(Nc2ncc3c(Cl)ncc(-c4ccc(C(=O)N5CCOCC5)cc4)c3n2)C1. The van der Waals surface area contributed by atoms with Crippen LogP contribution in [0.4, 0.5) is 5.95 Å². The number of nitrogens with zero attached hydrogens (tertiary/aromatic N) is 5. The molecule has 0 saturated carbocycles. The molecule has 2 aromatic heterocycles. The van der Waals surface area contributed by atoms with Gasteiger partial charge in [0.25, 0.3) is 5.91 Å². The second-order valence-corrected chi connectivity index (χ2v) is 9.02. The number of anilines is 1. The van der Waals surface area contributed by atoms with Gasteiger partial charge in [-0.1, -0.05) is 23.7 Å². The Morgan fingerprint density at radius 2 is 1.94 bits per heavy atom. The molecule has 0 aliphatic carbocycles. The van der Waals surface area contributed by atoms with Gasteiger partial charge >= 0.3 is 0 Å². The number of hydrogen-bond donors (Lipinski definition) is 2. The molecule has 2 aliphatic heterocycles. The molecule has 0 radical (unpaired) electrons. The number of ether oxygens (including phenoxy) is 1. The molecule has 1 aromatic carbocycles. The highest BCUT2D eigenvalue weighted by molar-refractivity contribution is 6.34. The van der Waals surface area contributed by atoms with Crippen molar-refractivity contribution in [3.63, 3.8) is 0 Å². The number of aliphatic hydroxyl groups excluding tert-OH is 1.